The summed E-state index contributed by atoms with van der Waals surface area (Å²) in [6.45, 7) is 1.02. The molecule has 22 heavy (non-hydrogen) atoms. The number of aliphatic carboxylic acids is 1. The molecule has 1 aliphatic heterocycles. The van der Waals surface area contributed by atoms with Crippen LogP contribution in [0.25, 0.3) is 0 Å². The minimum absolute atomic E-state index is 0.150. The lowest BCUT2D eigenvalue weighted by molar-refractivity contribution is -0.160. The first kappa shape index (κ1) is 15.0. The number of halogens is 1. The molecule has 6 heteroatoms. The molecule has 0 spiro atoms. The number of ether oxygens (including phenoxy) is 1. The number of rotatable bonds is 3. The topological polar surface area (TPSA) is 66.8 Å². The molecule has 2 aliphatic rings. The van der Waals surface area contributed by atoms with Gasteiger partial charge in [-0.3, -0.25) is 9.59 Å². The van der Waals surface area contributed by atoms with Gasteiger partial charge in [-0.2, -0.15) is 0 Å². The Hall–Kier alpha value is -1.95. The second-order valence-electron chi connectivity index (χ2n) is 5.79. The van der Waals surface area contributed by atoms with Crippen LogP contribution in [-0.2, 0) is 14.3 Å². The Kier molecular flexibility index (Phi) is 4.11. The molecule has 1 aromatic rings. The van der Waals surface area contributed by atoms with E-state index >= 15 is 0 Å². The summed E-state index contributed by atoms with van der Waals surface area (Å²) in [6, 6.07) is 6.36. The molecule has 0 radical (unpaired) electrons. The lowest BCUT2D eigenvalue weighted by Crippen LogP contribution is -2.50. The van der Waals surface area contributed by atoms with Crippen molar-refractivity contribution in [2.24, 2.45) is 11.8 Å². The first-order valence-electron chi connectivity index (χ1n) is 7.45. The zero-order chi connectivity index (χ0) is 15.7. The number of hydrogen-bond donors (Lipinski definition) is 1. The molecule has 2 fully saturated rings. The molecule has 1 amide bonds. The third-order valence-electron chi connectivity index (χ3n) is 4.54. The Morgan fingerprint density at radius 3 is 2.59 bits per heavy atom. The van der Waals surface area contributed by atoms with Gasteiger partial charge in [-0.1, -0.05) is 18.2 Å². The SMILES string of the molecule is O=C(O)C1CCC1C(=O)N1CCOC(c2ccccc2F)C1. The largest absolute Gasteiger partial charge is 0.481 e. The van der Waals surface area contributed by atoms with Gasteiger partial charge in [0, 0.05) is 12.1 Å². The first-order chi connectivity index (χ1) is 10.6. The van der Waals surface area contributed by atoms with Gasteiger partial charge >= 0.3 is 5.97 Å². The van der Waals surface area contributed by atoms with Crippen LogP contribution in [0.5, 0.6) is 0 Å². The van der Waals surface area contributed by atoms with Gasteiger partial charge in [0.2, 0.25) is 5.91 Å². The predicted molar refractivity (Wildman–Crippen MR) is 75.5 cm³/mol. The fourth-order valence-electron chi connectivity index (χ4n) is 3.10. The summed E-state index contributed by atoms with van der Waals surface area (Å²) >= 11 is 0. The van der Waals surface area contributed by atoms with Gasteiger partial charge in [-0.05, 0) is 18.9 Å². The minimum Gasteiger partial charge on any atom is -0.481 e. The molecular formula is C16H18FNO4. The zero-order valence-electron chi connectivity index (χ0n) is 12.1. The van der Waals surface area contributed by atoms with Gasteiger partial charge in [0.05, 0.1) is 25.0 Å². The Labute approximate surface area is 127 Å². The van der Waals surface area contributed by atoms with E-state index in [-0.39, 0.29) is 18.3 Å². The molecule has 118 valence electrons. The fourth-order valence-corrected chi connectivity index (χ4v) is 3.10. The number of carbonyl (C=O) groups is 2. The quantitative estimate of drug-likeness (QED) is 0.925. The molecule has 1 aromatic carbocycles. The Balaban J connectivity index is 1.70. The highest BCUT2D eigenvalue weighted by Gasteiger charge is 2.44. The van der Waals surface area contributed by atoms with Crippen molar-refractivity contribution in [2.45, 2.75) is 18.9 Å². The van der Waals surface area contributed by atoms with E-state index in [0.717, 1.165) is 0 Å². The molecule has 0 bridgehead atoms. The number of hydrogen-bond acceptors (Lipinski definition) is 3. The van der Waals surface area contributed by atoms with Crippen molar-refractivity contribution in [1.29, 1.82) is 0 Å². The smallest absolute Gasteiger partial charge is 0.307 e. The number of carboxylic acid groups (broad SMARTS) is 1. The lowest BCUT2D eigenvalue weighted by Gasteiger charge is -2.39. The number of benzene rings is 1. The number of carboxylic acids is 1. The summed E-state index contributed by atoms with van der Waals surface area (Å²) in [5, 5.41) is 9.07. The van der Waals surface area contributed by atoms with E-state index in [4.69, 9.17) is 9.84 Å². The third kappa shape index (κ3) is 2.70. The molecule has 1 heterocycles. The highest BCUT2D eigenvalue weighted by atomic mass is 19.1. The third-order valence-corrected chi connectivity index (χ3v) is 4.54. The first-order valence-corrected chi connectivity index (χ1v) is 7.45. The fraction of sp³-hybridized carbons (Fsp3) is 0.500. The summed E-state index contributed by atoms with van der Waals surface area (Å²) in [4.78, 5) is 25.1. The maximum atomic E-state index is 13.8. The lowest BCUT2D eigenvalue weighted by atomic mass is 9.73. The van der Waals surface area contributed by atoms with Crippen LogP contribution in [0.1, 0.15) is 24.5 Å². The summed E-state index contributed by atoms with van der Waals surface area (Å²) in [5.74, 6) is -2.44. The molecule has 3 atom stereocenters. The van der Waals surface area contributed by atoms with Crippen molar-refractivity contribution in [2.75, 3.05) is 19.7 Å². The molecule has 5 nitrogen and oxygen atoms in total. The molecule has 1 saturated carbocycles. The van der Waals surface area contributed by atoms with Gasteiger partial charge in [0.25, 0.3) is 0 Å². The molecule has 0 aromatic heterocycles. The second-order valence-corrected chi connectivity index (χ2v) is 5.79. The van der Waals surface area contributed by atoms with E-state index < -0.39 is 23.9 Å². The minimum atomic E-state index is -0.913. The van der Waals surface area contributed by atoms with E-state index in [9.17, 15) is 14.0 Å². The average molecular weight is 307 g/mol. The molecular weight excluding hydrogens is 289 g/mol. The number of carbonyl (C=O) groups excluding carboxylic acids is 1. The van der Waals surface area contributed by atoms with Crippen LogP contribution in [-0.4, -0.2) is 41.6 Å². The normalized spacial score (nSPS) is 28.0. The Morgan fingerprint density at radius 2 is 1.95 bits per heavy atom. The Bertz CT molecular complexity index is 591. The number of amides is 1. The number of morpholine rings is 1. The zero-order valence-corrected chi connectivity index (χ0v) is 12.1. The van der Waals surface area contributed by atoms with Crippen molar-refractivity contribution >= 4 is 11.9 Å². The van der Waals surface area contributed by atoms with Crippen LogP contribution in [0.3, 0.4) is 0 Å². The summed E-state index contributed by atoms with van der Waals surface area (Å²) in [5.41, 5.74) is 0.434. The molecule has 3 rings (SSSR count). The van der Waals surface area contributed by atoms with Crippen molar-refractivity contribution < 1.29 is 23.8 Å². The van der Waals surface area contributed by atoms with Gasteiger partial charge in [0.15, 0.2) is 0 Å². The van der Waals surface area contributed by atoms with Gasteiger partial charge in [-0.15, -0.1) is 0 Å². The standard InChI is InChI=1S/C16H18FNO4/c17-13-4-2-1-3-12(13)14-9-18(7-8-22-14)15(19)10-5-6-11(10)16(20)21/h1-4,10-11,14H,5-9H2,(H,20,21). The summed E-state index contributed by atoms with van der Waals surface area (Å²) < 4.78 is 19.4. The van der Waals surface area contributed by atoms with E-state index in [0.29, 0.717) is 31.6 Å². The van der Waals surface area contributed by atoms with Gasteiger partial charge in [-0.25, -0.2) is 4.39 Å². The second kappa shape index (κ2) is 6.04. The van der Waals surface area contributed by atoms with Crippen LogP contribution in [0, 0.1) is 17.7 Å². The van der Waals surface area contributed by atoms with Crippen molar-refractivity contribution in [1.82, 2.24) is 4.90 Å². The monoisotopic (exact) mass is 307 g/mol. The van der Waals surface area contributed by atoms with E-state index in [1.165, 1.54) is 6.07 Å². The van der Waals surface area contributed by atoms with Crippen LogP contribution >= 0.6 is 0 Å². The van der Waals surface area contributed by atoms with Crippen molar-refractivity contribution in [3.8, 4) is 0 Å². The number of nitrogens with zero attached hydrogens (tertiary/aromatic N) is 1. The van der Waals surface area contributed by atoms with Gasteiger partial charge < -0.3 is 14.7 Å². The highest BCUT2D eigenvalue weighted by Crippen LogP contribution is 2.37. The molecule has 3 unspecified atom stereocenters. The Morgan fingerprint density at radius 1 is 1.23 bits per heavy atom. The molecule has 1 aliphatic carbocycles. The van der Waals surface area contributed by atoms with Crippen LogP contribution in [0.2, 0.25) is 0 Å². The van der Waals surface area contributed by atoms with Gasteiger partial charge in [0.1, 0.15) is 11.9 Å². The molecule has 1 N–H and O–H groups in total. The maximum absolute atomic E-state index is 13.8. The predicted octanol–water partition coefficient (Wildman–Crippen LogP) is 1.84. The summed E-state index contributed by atoms with van der Waals surface area (Å²) in [7, 11) is 0. The summed E-state index contributed by atoms with van der Waals surface area (Å²) in [6.07, 6.45) is 0.659. The average Bonchev–Trinajstić information content (AvgIpc) is 2.46. The molecule has 1 saturated heterocycles. The van der Waals surface area contributed by atoms with E-state index in [2.05, 4.69) is 0 Å². The van der Waals surface area contributed by atoms with Crippen molar-refractivity contribution in [3.63, 3.8) is 0 Å². The van der Waals surface area contributed by atoms with E-state index in [1.807, 2.05) is 0 Å². The van der Waals surface area contributed by atoms with E-state index in [1.54, 1.807) is 23.1 Å². The van der Waals surface area contributed by atoms with Crippen LogP contribution in [0.4, 0.5) is 4.39 Å². The van der Waals surface area contributed by atoms with Crippen LogP contribution in [0.15, 0.2) is 24.3 Å². The van der Waals surface area contributed by atoms with Crippen molar-refractivity contribution in [3.05, 3.63) is 35.6 Å². The maximum Gasteiger partial charge on any atom is 0.307 e. The van der Waals surface area contributed by atoms with Crippen LogP contribution < -0.4 is 0 Å². The highest BCUT2D eigenvalue weighted by molar-refractivity contribution is 5.86.